The highest BCUT2D eigenvalue weighted by Crippen LogP contribution is 2.31. The Bertz CT molecular complexity index is 620. The minimum Gasteiger partial charge on any atom is -0.474 e. The maximum Gasteiger partial charge on any atom is 0.410 e. The van der Waals surface area contributed by atoms with Crippen LogP contribution in [0.5, 0.6) is 5.88 Å². The van der Waals surface area contributed by atoms with E-state index in [0.717, 1.165) is 30.2 Å². The third kappa shape index (κ3) is 5.58. The van der Waals surface area contributed by atoms with Gasteiger partial charge in [-0.3, -0.25) is 0 Å². The smallest absolute Gasteiger partial charge is 0.410 e. The van der Waals surface area contributed by atoms with Crippen molar-refractivity contribution >= 4 is 22.0 Å². The summed E-state index contributed by atoms with van der Waals surface area (Å²) in [5.41, 5.74) is -0.450. The van der Waals surface area contributed by atoms with Crippen LogP contribution in [0, 0.1) is 0 Å². The number of amides is 1. The molecule has 2 aliphatic rings. The molecule has 0 N–H and O–H groups in total. The van der Waals surface area contributed by atoms with E-state index in [-0.39, 0.29) is 24.4 Å². The summed E-state index contributed by atoms with van der Waals surface area (Å²) in [6, 6.07) is 3.75. The van der Waals surface area contributed by atoms with Crippen LogP contribution in [0.2, 0.25) is 0 Å². The average molecular weight is 427 g/mol. The number of halogens is 1. The molecule has 26 heavy (non-hydrogen) atoms. The molecule has 144 valence electrons. The minimum atomic E-state index is -0.450. The number of piperidine rings is 1. The van der Waals surface area contributed by atoms with Crippen LogP contribution in [0.25, 0.3) is 0 Å². The number of rotatable bonds is 4. The summed E-state index contributed by atoms with van der Waals surface area (Å²) >= 11 is 3.42. The summed E-state index contributed by atoms with van der Waals surface area (Å²) in [5, 5.41) is 0. The Balaban J connectivity index is 1.34. The predicted molar refractivity (Wildman–Crippen MR) is 101 cm³/mol. The summed E-state index contributed by atoms with van der Waals surface area (Å²) in [7, 11) is 0. The number of nitrogens with zero attached hydrogens (tertiary/aromatic N) is 2. The second-order valence-electron chi connectivity index (χ2n) is 7.95. The lowest BCUT2D eigenvalue weighted by atomic mass is 9.91. The van der Waals surface area contributed by atoms with Gasteiger partial charge in [0.05, 0.1) is 12.2 Å². The van der Waals surface area contributed by atoms with Gasteiger partial charge < -0.3 is 19.1 Å². The molecule has 0 atom stereocenters. The number of carbonyl (C=O) groups excluding carboxylic acids is 1. The summed E-state index contributed by atoms with van der Waals surface area (Å²) in [6.45, 7) is 7.04. The van der Waals surface area contributed by atoms with Crippen molar-refractivity contribution < 1.29 is 19.0 Å². The molecule has 1 amide bonds. The van der Waals surface area contributed by atoms with E-state index in [1.807, 2.05) is 32.9 Å². The molecule has 1 saturated carbocycles. The first-order valence-corrected chi connectivity index (χ1v) is 9.99. The molecule has 0 radical (unpaired) electrons. The van der Waals surface area contributed by atoms with Crippen molar-refractivity contribution in [3.63, 3.8) is 0 Å². The molecule has 2 fully saturated rings. The molecule has 3 rings (SSSR count). The Morgan fingerprint density at radius 1 is 1.19 bits per heavy atom. The summed E-state index contributed by atoms with van der Waals surface area (Å²) < 4.78 is 18.4. The molecule has 6 nitrogen and oxygen atoms in total. The van der Waals surface area contributed by atoms with E-state index in [1.54, 1.807) is 11.1 Å². The van der Waals surface area contributed by atoms with Crippen LogP contribution in [0.4, 0.5) is 4.79 Å². The second-order valence-corrected chi connectivity index (χ2v) is 8.86. The highest BCUT2D eigenvalue weighted by molar-refractivity contribution is 9.10. The topological polar surface area (TPSA) is 60.9 Å². The fourth-order valence-electron chi connectivity index (χ4n) is 3.12. The zero-order chi connectivity index (χ0) is 18.7. The van der Waals surface area contributed by atoms with Gasteiger partial charge in [-0.2, -0.15) is 0 Å². The fraction of sp³-hybridized carbons (Fsp3) is 0.684. The molecule has 1 aliphatic heterocycles. The van der Waals surface area contributed by atoms with Gasteiger partial charge in [0, 0.05) is 42.7 Å². The number of likely N-dealkylation sites (tertiary alicyclic amines) is 1. The largest absolute Gasteiger partial charge is 0.474 e. The fourth-order valence-corrected chi connectivity index (χ4v) is 3.43. The number of pyridine rings is 1. The monoisotopic (exact) mass is 426 g/mol. The first kappa shape index (κ1) is 19.4. The van der Waals surface area contributed by atoms with Gasteiger partial charge in [-0.1, -0.05) is 15.9 Å². The molecule has 1 aromatic rings. The predicted octanol–water partition coefficient (Wildman–Crippen LogP) is 4.17. The summed E-state index contributed by atoms with van der Waals surface area (Å²) in [4.78, 5) is 18.1. The molecule has 0 aromatic carbocycles. The van der Waals surface area contributed by atoms with Gasteiger partial charge in [-0.15, -0.1) is 0 Å². The molecule has 0 unspecified atom stereocenters. The number of carbonyl (C=O) groups is 1. The Kier molecular flexibility index (Phi) is 6.07. The first-order chi connectivity index (χ1) is 12.3. The average Bonchev–Trinajstić information content (AvgIpc) is 2.52. The van der Waals surface area contributed by atoms with E-state index in [4.69, 9.17) is 14.2 Å². The summed E-state index contributed by atoms with van der Waals surface area (Å²) in [5.74, 6) is 0.647. The Labute approximate surface area is 163 Å². The normalized spacial score (nSPS) is 24.1. The second kappa shape index (κ2) is 8.13. The van der Waals surface area contributed by atoms with Crippen LogP contribution in [-0.2, 0) is 9.47 Å². The molecule has 1 aromatic heterocycles. The third-order valence-electron chi connectivity index (χ3n) is 4.51. The van der Waals surface area contributed by atoms with E-state index >= 15 is 0 Å². The van der Waals surface area contributed by atoms with Gasteiger partial charge in [-0.05, 0) is 39.7 Å². The van der Waals surface area contributed by atoms with Crippen molar-refractivity contribution in [3.05, 3.63) is 22.8 Å². The number of hydrogen-bond donors (Lipinski definition) is 0. The zero-order valence-electron chi connectivity index (χ0n) is 15.6. The number of ether oxygens (including phenoxy) is 3. The highest BCUT2D eigenvalue weighted by atomic mass is 79.9. The van der Waals surface area contributed by atoms with Gasteiger partial charge in [0.25, 0.3) is 0 Å². The quantitative estimate of drug-likeness (QED) is 0.722. The van der Waals surface area contributed by atoms with Gasteiger partial charge in [0.2, 0.25) is 5.88 Å². The SMILES string of the molecule is CC(C)(C)OC(=O)N1CCC(OC2CC(Oc3cc(Br)ccn3)C2)CC1. The molecule has 7 heteroatoms. The molecule has 0 bridgehead atoms. The van der Waals surface area contributed by atoms with Gasteiger partial charge in [-0.25, -0.2) is 9.78 Å². The zero-order valence-corrected chi connectivity index (χ0v) is 17.2. The molecule has 2 heterocycles. The van der Waals surface area contributed by atoms with E-state index in [1.165, 1.54) is 0 Å². The van der Waals surface area contributed by atoms with E-state index < -0.39 is 5.60 Å². The lowest BCUT2D eigenvalue weighted by Crippen LogP contribution is -2.46. The van der Waals surface area contributed by atoms with Gasteiger partial charge >= 0.3 is 6.09 Å². The third-order valence-corrected chi connectivity index (χ3v) is 5.01. The van der Waals surface area contributed by atoms with Gasteiger partial charge in [0.15, 0.2) is 0 Å². The van der Waals surface area contributed by atoms with Gasteiger partial charge in [0.1, 0.15) is 11.7 Å². The van der Waals surface area contributed by atoms with E-state index in [0.29, 0.717) is 19.0 Å². The van der Waals surface area contributed by atoms with Crippen LogP contribution >= 0.6 is 15.9 Å². The number of aromatic nitrogens is 1. The van der Waals surface area contributed by atoms with Crippen LogP contribution in [0.15, 0.2) is 22.8 Å². The van der Waals surface area contributed by atoms with Crippen molar-refractivity contribution in [2.75, 3.05) is 13.1 Å². The van der Waals surface area contributed by atoms with E-state index in [2.05, 4.69) is 20.9 Å². The van der Waals surface area contributed by atoms with E-state index in [9.17, 15) is 4.79 Å². The Morgan fingerprint density at radius 2 is 1.88 bits per heavy atom. The van der Waals surface area contributed by atoms with Crippen molar-refractivity contribution in [3.8, 4) is 5.88 Å². The van der Waals surface area contributed by atoms with Crippen LogP contribution < -0.4 is 4.74 Å². The van der Waals surface area contributed by atoms with Crippen molar-refractivity contribution in [2.45, 2.75) is 70.4 Å². The molecular weight excluding hydrogens is 400 g/mol. The Hall–Kier alpha value is -1.34. The lowest BCUT2D eigenvalue weighted by molar-refractivity contribution is -0.110. The van der Waals surface area contributed by atoms with Crippen LogP contribution in [-0.4, -0.2) is 53.0 Å². The minimum absolute atomic E-state index is 0.170. The highest BCUT2D eigenvalue weighted by Gasteiger charge is 2.35. The van der Waals surface area contributed by atoms with Crippen molar-refractivity contribution in [1.29, 1.82) is 0 Å². The number of hydrogen-bond acceptors (Lipinski definition) is 5. The lowest BCUT2D eigenvalue weighted by Gasteiger charge is -2.39. The molecule has 1 saturated heterocycles. The van der Waals surface area contributed by atoms with Crippen molar-refractivity contribution in [1.82, 2.24) is 9.88 Å². The first-order valence-electron chi connectivity index (χ1n) is 9.20. The standard InChI is InChI=1S/C19H27BrN2O4/c1-19(2,3)26-18(23)22-8-5-14(6-9-22)24-15-11-16(12-15)25-17-10-13(20)4-7-21-17/h4,7,10,14-16H,5-6,8-9,11-12H2,1-3H3. The molecule has 1 aliphatic carbocycles. The van der Waals surface area contributed by atoms with Crippen molar-refractivity contribution in [2.24, 2.45) is 0 Å². The van der Waals surface area contributed by atoms with Crippen LogP contribution in [0.3, 0.4) is 0 Å². The Morgan fingerprint density at radius 3 is 2.50 bits per heavy atom. The maximum absolute atomic E-state index is 12.1. The molecular formula is C19H27BrN2O4. The van der Waals surface area contributed by atoms with Crippen LogP contribution in [0.1, 0.15) is 46.5 Å². The summed E-state index contributed by atoms with van der Waals surface area (Å²) in [6.07, 6.45) is 5.61. The molecule has 0 spiro atoms. The maximum atomic E-state index is 12.1.